The molecule has 1 aromatic rings. The van der Waals surface area contributed by atoms with Crippen molar-refractivity contribution < 1.29 is 14.3 Å². The third-order valence-electron chi connectivity index (χ3n) is 6.71. The van der Waals surface area contributed by atoms with Gasteiger partial charge in [0.1, 0.15) is 5.60 Å². The van der Waals surface area contributed by atoms with Gasteiger partial charge >= 0.3 is 0 Å². The number of anilines is 1. The Morgan fingerprint density at radius 3 is 2.62 bits per heavy atom. The van der Waals surface area contributed by atoms with Crippen LogP contribution in [-0.2, 0) is 16.0 Å². The van der Waals surface area contributed by atoms with E-state index in [1.165, 1.54) is 12.0 Å². The molecule has 0 bridgehead atoms. The van der Waals surface area contributed by atoms with Crippen LogP contribution in [0.25, 0.3) is 0 Å². The molecule has 0 aromatic carbocycles. The highest BCUT2D eigenvalue weighted by atomic mass is 16.5. The molecular weight excluding hydrogens is 404 g/mol. The van der Waals surface area contributed by atoms with E-state index in [1.807, 2.05) is 0 Å². The first kappa shape index (κ1) is 23.3. The molecular formula is C25H40N4O3. The van der Waals surface area contributed by atoms with E-state index in [2.05, 4.69) is 42.4 Å². The van der Waals surface area contributed by atoms with Crippen LogP contribution >= 0.6 is 0 Å². The van der Waals surface area contributed by atoms with Gasteiger partial charge in [0.05, 0.1) is 13.2 Å². The monoisotopic (exact) mass is 444 g/mol. The topological polar surface area (TPSA) is 75.7 Å². The Balaban J connectivity index is 1.63. The number of rotatable bonds is 7. The van der Waals surface area contributed by atoms with Crippen molar-refractivity contribution in [3.05, 3.63) is 17.3 Å². The van der Waals surface area contributed by atoms with E-state index in [0.29, 0.717) is 6.54 Å². The number of amides is 1. The summed E-state index contributed by atoms with van der Waals surface area (Å²) < 4.78 is 12.4. The summed E-state index contributed by atoms with van der Waals surface area (Å²) in [5.41, 5.74) is 2.49. The molecule has 1 amide bonds. The predicted octanol–water partition coefficient (Wildman–Crippen LogP) is 3.37. The van der Waals surface area contributed by atoms with Gasteiger partial charge in [-0.05, 0) is 50.1 Å². The summed E-state index contributed by atoms with van der Waals surface area (Å²) in [5.74, 6) is 2.01. The molecule has 2 aliphatic heterocycles. The molecule has 3 heterocycles. The number of carbonyl (C=O) groups is 1. The van der Waals surface area contributed by atoms with Gasteiger partial charge in [-0.2, -0.15) is 0 Å². The highest BCUT2D eigenvalue weighted by Gasteiger charge is 2.47. The average molecular weight is 445 g/mol. The van der Waals surface area contributed by atoms with Crippen molar-refractivity contribution in [3.8, 4) is 5.75 Å². The summed E-state index contributed by atoms with van der Waals surface area (Å²) in [7, 11) is 0. The Labute approximate surface area is 192 Å². The van der Waals surface area contributed by atoms with Gasteiger partial charge in [-0.15, -0.1) is 0 Å². The third-order valence-corrected chi connectivity index (χ3v) is 6.71. The zero-order valence-corrected chi connectivity index (χ0v) is 20.3. The normalized spacial score (nSPS) is 22.1. The van der Waals surface area contributed by atoms with Gasteiger partial charge in [-0.1, -0.05) is 20.8 Å². The maximum absolute atomic E-state index is 11.2. The van der Waals surface area contributed by atoms with Crippen molar-refractivity contribution >= 4 is 11.7 Å². The van der Waals surface area contributed by atoms with Crippen molar-refractivity contribution in [2.24, 2.45) is 5.41 Å². The fraction of sp³-hybridized carbons (Fsp3) is 0.760. The molecule has 1 saturated heterocycles. The van der Waals surface area contributed by atoms with E-state index < -0.39 is 0 Å². The van der Waals surface area contributed by atoms with E-state index in [-0.39, 0.29) is 23.0 Å². The second kappa shape index (κ2) is 9.56. The minimum atomic E-state index is -0.0590. The lowest BCUT2D eigenvalue weighted by atomic mass is 9.72. The number of ether oxygens (including phenoxy) is 2. The fourth-order valence-electron chi connectivity index (χ4n) is 5.01. The summed E-state index contributed by atoms with van der Waals surface area (Å²) in [6.45, 7) is 13.1. The minimum absolute atomic E-state index is 0.0304. The lowest BCUT2D eigenvalue weighted by molar-refractivity contribution is -0.118. The van der Waals surface area contributed by atoms with Gasteiger partial charge in [0.25, 0.3) is 0 Å². The second-order valence-corrected chi connectivity index (χ2v) is 10.9. The Kier molecular flexibility index (Phi) is 6.96. The van der Waals surface area contributed by atoms with Crippen LogP contribution in [0.2, 0.25) is 0 Å². The van der Waals surface area contributed by atoms with E-state index in [0.717, 1.165) is 82.2 Å². The number of nitrogens with one attached hydrogen (secondary N) is 2. The molecule has 3 aliphatic rings. The van der Waals surface area contributed by atoms with Crippen molar-refractivity contribution in [2.45, 2.75) is 77.9 Å². The van der Waals surface area contributed by atoms with Crippen molar-refractivity contribution in [1.29, 1.82) is 0 Å². The molecule has 4 rings (SSSR count). The molecule has 1 aromatic heterocycles. The SMILES string of the molecule is CC(=O)NCCCNC1CC2(CCC2)Oc2c1cc(CC(C)(C)C)nc2N1CCOCC1. The lowest BCUT2D eigenvalue weighted by Gasteiger charge is -2.49. The van der Waals surface area contributed by atoms with Gasteiger partial charge in [0.15, 0.2) is 11.6 Å². The van der Waals surface area contributed by atoms with Crippen LogP contribution in [0, 0.1) is 5.41 Å². The number of aromatic nitrogens is 1. The molecule has 0 radical (unpaired) electrons. The maximum atomic E-state index is 11.2. The molecule has 2 fully saturated rings. The molecule has 2 N–H and O–H groups in total. The van der Waals surface area contributed by atoms with Crippen LogP contribution in [0.5, 0.6) is 5.75 Å². The zero-order chi connectivity index (χ0) is 22.8. The van der Waals surface area contributed by atoms with Gasteiger partial charge in [-0.25, -0.2) is 4.98 Å². The smallest absolute Gasteiger partial charge is 0.216 e. The number of hydrogen-bond acceptors (Lipinski definition) is 6. The van der Waals surface area contributed by atoms with Crippen LogP contribution in [0.3, 0.4) is 0 Å². The third kappa shape index (κ3) is 5.54. The van der Waals surface area contributed by atoms with E-state index in [9.17, 15) is 4.79 Å². The number of pyridine rings is 1. The lowest BCUT2D eigenvalue weighted by Crippen LogP contribution is -2.50. The molecule has 32 heavy (non-hydrogen) atoms. The predicted molar refractivity (Wildman–Crippen MR) is 126 cm³/mol. The van der Waals surface area contributed by atoms with Crippen molar-refractivity contribution in [1.82, 2.24) is 15.6 Å². The molecule has 1 aliphatic carbocycles. The Morgan fingerprint density at radius 2 is 2.00 bits per heavy atom. The molecule has 178 valence electrons. The van der Waals surface area contributed by atoms with Crippen LogP contribution in [0.4, 0.5) is 5.82 Å². The molecule has 7 nitrogen and oxygen atoms in total. The Hall–Kier alpha value is -1.86. The number of morpholine rings is 1. The van der Waals surface area contributed by atoms with Crippen LogP contribution in [-0.4, -0.2) is 55.9 Å². The van der Waals surface area contributed by atoms with Crippen molar-refractivity contribution in [3.63, 3.8) is 0 Å². The van der Waals surface area contributed by atoms with Gasteiger partial charge in [0.2, 0.25) is 5.91 Å². The number of carbonyl (C=O) groups excluding carboxylic acids is 1. The second-order valence-electron chi connectivity index (χ2n) is 10.9. The van der Waals surface area contributed by atoms with E-state index in [4.69, 9.17) is 14.5 Å². The van der Waals surface area contributed by atoms with Gasteiger partial charge < -0.3 is 25.0 Å². The van der Waals surface area contributed by atoms with E-state index in [1.54, 1.807) is 6.92 Å². The standard InChI is InChI=1S/C25H40N4O3/c1-18(30)26-9-6-10-27-21-17-25(7-5-8-25)32-22-20(21)15-19(16-24(2,3)4)28-23(22)29-11-13-31-14-12-29/h15,21,27H,5-14,16-17H2,1-4H3,(H,26,30). The summed E-state index contributed by atoms with van der Waals surface area (Å²) >= 11 is 0. The highest BCUT2D eigenvalue weighted by molar-refractivity contribution is 5.72. The summed E-state index contributed by atoms with van der Waals surface area (Å²) in [6, 6.07) is 2.53. The molecule has 1 atom stereocenters. The van der Waals surface area contributed by atoms with Crippen LogP contribution in [0.1, 0.15) is 77.1 Å². The number of nitrogens with zero attached hydrogens (tertiary/aromatic N) is 2. The van der Waals surface area contributed by atoms with Crippen molar-refractivity contribution in [2.75, 3.05) is 44.3 Å². The summed E-state index contributed by atoms with van der Waals surface area (Å²) in [4.78, 5) is 18.7. The zero-order valence-electron chi connectivity index (χ0n) is 20.3. The first-order valence-electron chi connectivity index (χ1n) is 12.3. The summed E-state index contributed by atoms with van der Waals surface area (Å²) in [6.07, 6.45) is 6.30. The minimum Gasteiger partial charge on any atom is -0.483 e. The molecule has 1 spiro atoms. The largest absolute Gasteiger partial charge is 0.483 e. The molecule has 1 saturated carbocycles. The fourth-order valence-corrected chi connectivity index (χ4v) is 5.01. The number of fused-ring (bicyclic) bond motifs is 1. The first-order valence-corrected chi connectivity index (χ1v) is 12.3. The van der Waals surface area contributed by atoms with Crippen LogP contribution in [0.15, 0.2) is 6.07 Å². The van der Waals surface area contributed by atoms with E-state index >= 15 is 0 Å². The van der Waals surface area contributed by atoms with Gasteiger partial charge in [0, 0.05) is 50.3 Å². The Morgan fingerprint density at radius 1 is 1.25 bits per heavy atom. The molecule has 1 unspecified atom stereocenters. The molecule has 7 heteroatoms. The Bertz CT molecular complexity index is 810. The van der Waals surface area contributed by atoms with Crippen LogP contribution < -0.4 is 20.3 Å². The maximum Gasteiger partial charge on any atom is 0.216 e. The number of hydrogen-bond donors (Lipinski definition) is 2. The van der Waals surface area contributed by atoms with Gasteiger partial charge in [-0.3, -0.25) is 4.79 Å². The quantitative estimate of drug-likeness (QED) is 0.628. The summed E-state index contributed by atoms with van der Waals surface area (Å²) in [5, 5.41) is 6.69. The first-order chi connectivity index (χ1) is 15.2. The highest BCUT2D eigenvalue weighted by Crippen LogP contribution is 2.51. The average Bonchev–Trinajstić information content (AvgIpc) is 2.71.